The molecule has 0 aromatic rings. The first-order valence-corrected chi connectivity index (χ1v) is 7.57. The van der Waals surface area contributed by atoms with Crippen LogP contribution in [0.1, 0.15) is 65.7 Å². The highest BCUT2D eigenvalue weighted by Gasteiger charge is 2.45. The van der Waals surface area contributed by atoms with Crippen LogP contribution < -0.4 is 0 Å². The number of rotatable bonds is 1. The third kappa shape index (κ3) is 2.03. The lowest BCUT2D eigenvalue weighted by atomic mass is 9.92. The number of nitrogens with zero attached hydrogens (tertiary/aromatic N) is 1. The van der Waals surface area contributed by atoms with E-state index in [0.29, 0.717) is 0 Å². The second-order valence-corrected chi connectivity index (χ2v) is 6.32. The molecule has 0 bridgehead atoms. The molecule has 2 heterocycles. The van der Waals surface area contributed by atoms with Crippen LogP contribution in [0.3, 0.4) is 0 Å². The third-order valence-electron chi connectivity index (χ3n) is 5.68. The molecular weight excluding hydrogens is 194 g/mol. The van der Waals surface area contributed by atoms with Crippen molar-refractivity contribution in [1.29, 1.82) is 0 Å². The monoisotopic (exact) mass is 224 g/mol. The summed E-state index contributed by atoms with van der Waals surface area (Å²) in [5.41, 5.74) is 0. The van der Waals surface area contributed by atoms with Crippen LogP contribution in [0.5, 0.6) is 0 Å². The summed E-state index contributed by atoms with van der Waals surface area (Å²) in [6, 6.07) is 1.88. The van der Waals surface area contributed by atoms with Gasteiger partial charge >= 0.3 is 0 Å². The molecule has 0 aromatic carbocycles. The van der Waals surface area contributed by atoms with E-state index in [2.05, 4.69) is 20.8 Å². The SMILES string of the molecule is CCC1CCCC(C)C(C)[N+]12CCCCC2. The minimum absolute atomic E-state index is 0.910. The average Bonchev–Trinajstić information content (AvgIpc) is 2.43. The molecule has 0 saturated carbocycles. The lowest BCUT2D eigenvalue weighted by Crippen LogP contribution is -2.63. The first-order chi connectivity index (χ1) is 7.70. The van der Waals surface area contributed by atoms with Gasteiger partial charge in [0.05, 0.1) is 25.2 Å². The lowest BCUT2D eigenvalue weighted by Gasteiger charge is -2.51. The third-order valence-corrected chi connectivity index (χ3v) is 5.68. The van der Waals surface area contributed by atoms with E-state index in [1.54, 1.807) is 0 Å². The zero-order valence-corrected chi connectivity index (χ0v) is 11.5. The Morgan fingerprint density at radius 3 is 2.25 bits per heavy atom. The van der Waals surface area contributed by atoms with Crippen LogP contribution in [0.4, 0.5) is 0 Å². The Hall–Kier alpha value is -0.0400. The second-order valence-electron chi connectivity index (χ2n) is 6.32. The molecule has 1 spiro atoms. The Morgan fingerprint density at radius 1 is 0.938 bits per heavy atom. The van der Waals surface area contributed by atoms with E-state index in [1.165, 1.54) is 62.5 Å². The van der Waals surface area contributed by atoms with Gasteiger partial charge < -0.3 is 4.48 Å². The summed E-state index contributed by atoms with van der Waals surface area (Å²) < 4.78 is 1.48. The second kappa shape index (κ2) is 5.08. The first kappa shape index (κ1) is 12.4. The van der Waals surface area contributed by atoms with Crippen LogP contribution in [-0.4, -0.2) is 29.7 Å². The molecule has 2 aliphatic heterocycles. The molecular formula is C15H30N+. The van der Waals surface area contributed by atoms with Gasteiger partial charge in [-0.15, -0.1) is 0 Å². The summed E-state index contributed by atoms with van der Waals surface area (Å²) in [5, 5.41) is 0. The standard InChI is InChI=1S/C15H30N/c1-4-15-10-8-9-13(2)14(3)16(15)11-6-5-7-12-16/h13-15H,4-12H2,1-3H3/q+1. The molecule has 0 N–H and O–H groups in total. The predicted octanol–water partition coefficient (Wildman–Crippen LogP) is 3.97. The molecule has 3 atom stereocenters. The van der Waals surface area contributed by atoms with Crippen LogP contribution >= 0.6 is 0 Å². The van der Waals surface area contributed by atoms with Crippen LogP contribution in [0, 0.1) is 5.92 Å². The van der Waals surface area contributed by atoms with Crippen molar-refractivity contribution in [3.05, 3.63) is 0 Å². The molecule has 0 amide bonds. The van der Waals surface area contributed by atoms with Crippen molar-refractivity contribution in [2.75, 3.05) is 13.1 Å². The van der Waals surface area contributed by atoms with Crippen LogP contribution in [0.25, 0.3) is 0 Å². The number of piperidine rings is 1. The van der Waals surface area contributed by atoms with Gasteiger partial charge in [0, 0.05) is 5.92 Å². The minimum Gasteiger partial charge on any atom is -0.319 e. The molecule has 2 saturated heterocycles. The van der Waals surface area contributed by atoms with E-state index >= 15 is 0 Å². The quantitative estimate of drug-likeness (QED) is 0.591. The largest absolute Gasteiger partial charge is 0.319 e. The van der Waals surface area contributed by atoms with E-state index in [9.17, 15) is 0 Å². The molecule has 16 heavy (non-hydrogen) atoms. The number of hydrogen-bond acceptors (Lipinski definition) is 0. The molecule has 2 fully saturated rings. The fraction of sp³-hybridized carbons (Fsp3) is 1.00. The van der Waals surface area contributed by atoms with Gasteiger partial charge in [0.1, 0.15) is 0 Å². The molecule has 1 heteroatoms. The molecule has 94 valence electrons. The Labute approximate surface area is 102 Å². The van der Waals surface area contributed by atoms with Crippen molar-refractivity contribution in [3.63, 3.8) is 0 Å². The summed E-state index contributed by atoms with van der Waals surface area (Å²) in [6.45, 7) is 10.4. The van der Waals surface area contributed by atoms with Gasteiger partial charge in [-0.05, 0) is 51.9 Å². The molecule has 2 aliphatic rings. The molecule has 1 nitrogen and oxygen atoms in total. The van der Waals surface area contributed by atoms with Gasteiger partial charge in [0.25, 0.3) is 0 Å². The number of quaternary nitrogens is 1. The molecule has 0 radical (unpaired) electrons. The van der Waals surface area contributed by atoms with Crippen LogP contribution in [0.2, 0.25) is 0 Å². The maximum atomic E-state index is 2.55. The topological polar surface area (TPSA) is 0 Å². The zero-order valence-electron chi connectivity index (χ0n) is 11.5. The number of hydrogen-bond donors (Lipinski definition) is 0. The Morgan fingerprint density at radius 2 is 1.62 bits per heavy atom. The van der Waals surface area contributed by atoms with Gasteiger partial charge in [-0.25, -0.2) is 0 Å². The van der Waals surface area contributed by atoms with Crippen molar-refractivity contribution in [2.45, 2.75) is 77.8 Å². The van der Waals surface area contributed by atoms with Gasteiger partial charge in [-0.3, -0.25) is 0 Å². The molecule has 0 aromatic heterocycles. The van der Waals surface area contributed by atoms with Crippen molar-refractivity contribution >= 4 is 0 Å². The highest BCUT2D eigenvalue weighted by atomic mass is 15.4. The average molecular weight is 224 g/mol. The highest BCUT2D eigenvalue weighted by molar-refractivity contribution is 4.75. The van der Waals surface area contributed by atoms with Gasteiger partial charge in [0.2, 0.25) is 0 Å². The van der Waals surface area contributed by atoms with Gasteiger partial charge in [0.15, 0.2) is 0 Å². The van der Waals surface area contributed by atoms with Crippen LogP contribution in [-0.2, 0) is 0 Å². The molecule has 3 unspecified atom stereocenters. The summed E-state index contributed by atoms with van der Waals surface area (Å²) >= 11 is 0. The minimum atomic E-state index is 0.910. The summed E-state index contributed by atoms with van der Waals surface area (Å²) in [7, 11) is 0. The van der Waals surface area contributed by atoms with Crippen LogP contribution in [0.15, 0.2) is 0 Å². The Bertz CT molecular complexity index is 213. The Kier molecular flexibility index (Phi) is 3.94. The summed E-state index contributed by atoms with van der Waals surface area (Å²) in [6.07, 6.45) is 10.3. The van der Waals surface area contributed by atoms with Crippen molar-refractivity contribution in [1.82, 2.24) is 0 Å². The maximum absolute atomic E-state index is 2.55. The maximum Gasteiger partial charge on any atom is 0.0889 e. The fourth-order valence-corrected chi connectivity index (χ4v) is 4.45. The van der Waals surface area contributed by atoms with Crippen molar-refractivity contribution < 1.29 is 4.48 Å². The normalized spacial score (nSPS) is 39.6. The first-order valence-electron chi connectivity index (χ1n) is 7.57. The van der Waals surface area contributed by atoms with E-state index in [4.69, 9.17) is 0 Å². The summed E-state index contributed by atoms with van der Waals surface area (Å²) in [4.78, 5) is 0. The highest BCUT2D eigenvalue weighted by Crippen LogP contribution is 2.37. The van der Waals surface area contributed by atoms with E-state index < -0.39 is 0 Å². The van der Waals surface area contributed by atoms with Crippen molar-refractivity contribution in [3.8, 4) is 0 Å². The van der Waals surface area contributed by atoms with E-state index in [-0.39, 0.29) is 0 Å². The molecule has 2 rings (SSSR count). The predicted molar refractivity (Wildman–Crippen MR) is 70.4 cm³/mol. The fourth-order valence-electron chi connectivity index (χ4n) is 4.45. The smallest absolute Gasteiger partial charge is 0.0889 e. The zero-order chi connectivity index (χ0) is 11.6. The molecule has 0 aliphatic carbocycles. The lowest BCUT2D eigenvalue weighted by molar-refractivity contribution is -0.978. The van der Waals surface area contributed by atoms with Gasteiger partial charge in [-0.1, -0.05) is 13.8 Å². The van der Waals surface area contributed by atoms with Crippen molar-refractivity contribution in [2.24, 2.45) is 5.92 Å². The Balaban J connectivity index is 2.24. The van der Waals surface area contributed by atoms with E-state index in [1.807, 2.05) is 0 Å². The van der Waals surface area contributed by atoms with Gasteiger partial charge in [-0.2, -0.15) is 0 Å². The van der Waals surface area contributed by atoms with E-state index in [0.717, 1.165) is 18.0 Å². The summed E-state index contributed by atoms with van der Waals surface area (Å²) in [5.74, 6) is 0.939.